The first kappa shape index (κ1) is 19.1. The fraction of sp³-hybridized carbons (Fsp3) is 0.333. The van der Waals surface area contributed by atoms with Crippen molar-refractivity contribution >= 4 is 12.2 Å². The third-order valence-electron chi connectivity index (χ3n) is 4.14. The molecule has 4 heteroatoms. The van der Waals surface area contributed by atoms with Gasteiger partial charge in [-0.1, -0.05) is 52.0 Å². The van der Waals surface area contributed by atoms with Crippen molar-refractivity contribution in [1.29, 1.82) is 0 Å². The molecule has 0 aliphatic rings. The molecule has 0 bridgehead atoms. The maximum absolute atomic E-state index is 12.6. The summed E-state index contributed by atoms with van der Waals surface area (Å²) in [7, 11) is 0. The molecule has 134 valence electrons. The van der Waals surface area contributed by atoms with Gasteiger partial charge < -0.3 is 5.11 Å². The van der Waals surface area contributed by atoms with Crippen LogP contribution in [0.1, 0.15) is 67.3 Å². The molecule has 0 aliphatic heterocycles. The molecule has 0 atom stereocenters. The van der Waals surface area contributed by atoms with Crippen LogP contribution in [0.2, 0.25) is 0 Å². The molecule has 1 nitrogen and oxygen atoms in total. The van der Waals surface area contributed by atoms with Crippen molar-refractivity contribution in [2.45, 2.75) is 45.7 Å². The highest BCUT2D eigenvalue weighted by molar-refractivity contribution is 5.71. The Labute approximate surface area is 146 Å². The summed E-state index contributed by atoms with van der Waals surface area (Å²) >= 11 is 0. The van der Waals surface area contributed by atoms with Crippen LogP contribution < -0.4 is 0 Å². The lowest BCUT2D eigenvalue weighted by Crippen LogP contribution is -2.03. The highest BCUT2D eigenvalue weighted by atomic mass is 19.4. The van der Waals surface area contributed by atoms with Crippen molar-refractivity contribution < 1.29 is 18.3 Å². The van der Waals surface area contributed by atoms with Crippen LogP contribution in [0.15, 0.2) is 36.4 Å². The summed E-state index contributed by atoms with van der Waals surface area (Å²) < 4.78 is 37.8. The van der Waals surface area contributed by atoms with Gasteiger partial charge in [-0.25, -0.2) is 0 Å². The topological polar surface area (TPSA) is 20.2 Å². The molecule has 0 heterocycles. The lowest BCUT2D eigenvalue weighted by atomic mass is 9.91. The zero-order valence-corrected chi connectivity index (χ0v) is 14.9. The van der Waals surface area contributed by atoms with Crippen molar-refractivity contribution in [1.82, 2.24) is 0 Å². The SMILES string of the molecule is CC(C)c1cc(C=Cc2ccc(C(F)(F)F)cc2)cc(C(C)C)c1O. The van der Waals surface area contributed by atoms with Crippen LogP contribution in [0.5, 0.6) is 5.75 Å². The van der Waals surface area contributed by atoms with E-state index in [1.807, 2.05) is 45.9 Å². The number of hydrogen-bond donors (Lipinski definition) is 1. The summed E-state index contributed by atoms with van der Waals surface area (Å²) in [5.41, 5.74) is 2.71. The Bertz CT molecular complexity index is 725. The molecule has 0 spiro atoms. The van der Waals surface area contributed by atoms with Crippen LogP contribution in [-0.4, -0.2) is 5.11 Å². The number of alkyl halides is 3. The molecule has 0 aliphatic carbocycles. The quantitative estimate of drug-likeness (QED) is 0.601. The van der Waals surface area contributed by atoms with E-state index < -0.39 is 11.7 Å². The Balaban J connectivity index is 2.34. The van der Waals surface area contributed by atoms with Crippen LogP contribution in [0, 0.1) is 0 Å². The predicted octanol–water partition coefficient (Wildman–Crippen LogP) is 6.83. The van der Waals surface area contributed by atoms with E-state index in [1.165, 1.54) is 12.1 Å². The molecular weight excluding hydrogens is 325 g/mol. The highest BCUT2D eigenvalue weighted by Gasteiger charge is 2.29. The molecule has 0 saturated heterocycles. The van der Waals surface area contributed by atoms with Crippen LogP contribution in [-0.2, 0) is 6.18 Å². The van der Waals surface area contributed by atoms with Gasteiger partial charge in [0, 0.05) is 0 Å². The van der Waals surface area contributed by atoms with Gasteiger partial charge in [-0.2, -0.15) is 13.2 Å². The number of halogens is 3. The normalized spacial score (nSPS) is 12.5. The average Bonchev–Trinajstić information content (AvgIpc) is 2.52. The minimum absolute atomic E-state index is 0.178. The maximum Gasteiger partial charge on any atom is 0.416 e. The number of hydrogen-bond acceptors (Lipinski definition) is 1. The van der Waals surface area contributed by atoms with Crippen LogP contribution >= 0.6 is 0 Å². The molecule has 2 aromatic rings. The van der Waals surface area contributed by atoms with E-state index >= 15 is 0 Å². The largest absolute Gasteiger partial charge is 0.507 e. The highest BCUT2D eigenvalue weighted by Crippen LogP contribution is 2.35. The summed E-state index contributed by atoms with van der Waals surface area (Å²) in [6.07, 6.45) is -0.682. The Hall–Kier alpha value is -2.23. The Morgan fingerprint density at radius 3 is 1.64 bits per heavy atom. The Morgan fingerprint density at radius 2 is 1.24 bits per heavy atom. The molecule has 0 fully saturated rings. The van der Waals surface area contributed by atoms with E-state index in [-0.39, 0.29) is 11.8 Å². The Kier molecular flexibility index (Phi) is 5.61. The average molecular weight is 348 g/mol. The maximum atomic E-state index is 12.6. The summed E-state index contributed by atoms with van der Waals surface area (Å²) in [6.45, 7) is 8.07. The lowest BCUT2D eigenvalue weighted by Gasteiger charge is -2.16. The van der Waals surface area contributed by atoms with Crippen LogP contribution in [0.3, 0.4) is 0 Å². The summed E-state index contributed by atoms with van der Waals surface area (Å²) in [6, 6.07) is 8.91. The molecule has 0 unspecified atom stereocenters. The van der Waals surface area contributed by atoms with Gasteiger partial charge in [0.2, 0.25) is 0 Å². The smallest absolute Gasteiger partial charge is 0.416 e. The van der Waals surface area contributed by atoms with Gasteiger partial charge in [0.05, 0.1) is 5.56 Å². The number of rotatable bonds is 4. The first-order valence-electron chi connectivity index (χ1n) is 8.31. The summed E-state index contributed by atoms with van der Waals surface area (Å²) in [5.74, 6) is 0.686. The second-order valence-electron chi connectivity index (χ2n) is 6.81. The van der Waals surface area contributed by atoms with E-state index in [9.17, 15) is 18.3 Å². The van der Waals surface area contributed by atoms with Crippen molar-refractivity contribution in [3.05, 3.63) is 64.2 Å². The van der Waals surface area contributed by atoms with Gasteiger partial charge in [-0.3, -0.25) is 0 Å². The first-order chi connectivity index (χ1) is 11.6. The van der Waals surface area contributed by atoms with Gasteiger partial charge in [0.15, 0.2) is 0 Å². The number of phenolic OH excluding ortho intramolecular Hbond substituents is 1. The molecule has 0 saturated carbocycles. The molecule has 2 rings (SSSR count). The zero-order chi connectivity index (χ0) is 18.8. The number of phenols is 1. The van der Waals surface area contributed by atoms with E-state index in [4.69, 9.17) is 0 Å². The van der Waals surface area contributed by atoms with Crippen molar-refractivity contribution in [2.24, 2.45) is 0 Å². The van der Waals surface area contributed by atoms with Gasteiger partial charge in [0.25, 0.3) is 0 Å². The van der Waals surface area contributed by atoms with Crippen molar-refractivity contribution in [3.8, 4) is 5.75 Å². The first-order valence-corrected chi connectivity index (χ1v) is 8.31. The zero-order valence-electron chi connectivity index (χ0n) is 14.9. The van der Waals surface area contributed by atoms with Crippen LogP contribution in [0.4, 0.5) is 13.2 Å². The van der Waals surface area contributed by atoms with Crippen LogP contribution in [0.25, 0.3) is 12.2 Å². The Morgan fingerprint density at radius 1 is 0.800 bits per heavy atom. The number of benzene rings is 2. The minimum atomic E-state index is -4.32. The molecule has 1 N–H and O–H groups in total. The molecule has 0 amide bonds. The summed E-state index contributed by atoms with van der Waals surface area (Å²) in [5, 5.41) is 10.4. The fourth-order valence-electron chi connectivity index (χ4n) is 2.66. The molecule has 25 heavy (non-hydrogen) atoms. The lowest BCUT2D eigenvalue weighted by molar-refractivity contribution is -0.137. The van der Waals surface area contributed by atoms with Gasteiger partial charge >= 0.3 is 6.18 Å². The van der Waals surface area contributed by atoms with Gasteiger partial charge in [0.1, 0.15) is 5.75 Å². The minimum Gasteiger partial charge on any atom is -0.507 e. The molecule has 2 aromatic carbocycles. The van der Waals surface area contributed by atoms with Gasteiger partial charge in [-0.15, -0.1) is 0 Å². The van der Waals surface area contributed by atoms with E-state index in [2.05, 4.69) is 0 Å². The standard InChI is InChI=1S/C21H23F3O/c1-13(2)18-11-16(12-19(14(3)4)20(18)25)6-5-15-7-9-17(10-8-15)21(22,23)24/h5-14,25H,1-4H3. The molecule has 0 radical (unpaired) electrons. The second-order valence-corrected chi connectivity index (χ2v) is 6.81. The monoisotopic (exact) mass is 348 g/mol. The van der Waals surface area contributed by atoms with E-state index in [1.54, 1.807) is 6.08 Å². The third-order valence-corrected chi connectivity index (χ3v) is 4.14. The second kappa shape index (κ2) is 7.34. The van der Waals surface area contributed by atoms with Crippen molar-refractivity contribution in [2.75, 3.05) is 0 Å². The van der Waals surface area contributed by atoms with Crippen molar-refractivity contribution in [3.63, 3.8) is 0 Å². The third kappa shape index (κ3) is 4.65. The molecular formula is C21H23F3O. The van der Waals surface area contributed by atoms with E-state index in [0.717, 1.165) is 28.8 Å². The van der Waals surface area contributed by atoms with E-state index in [0.29, 0.717) is 11.3 Å². The summed E-state index contributed by atoms with van der Waals surface area (Å²) in [4.78, 5) is 0. The fourth-order valence-corrected chi connectivity index (χ4v) is 2.66. The van der Waals surface area contributed by atoms with Gasteiger partial charge in [-0.05, 0) is 58.4 Å². The predicted molar refractivity (Wildman–Crippen MR) is 96.7 cm³/mol. The molecule has 0 aromatic heterocycles. The number of aromatic hydroxyl groups is 1.